The summed E-state index contributed by atoms with van der Waals surface area (Å²) >= 11 is 1.79. The van der Waals surface area contributed by atoms with E-state index in [0.29, 0.717) is 12.8 Å². The first-order chi connectivity index (χ1) is 11.7. The maximum atomic E-state index is 12.4. The minimum Gasteiger partial charge on any atom is -0.335 e. The van der Waals surface area contributed by atoms with Crippen molar-refractivity contribution >= 4 is 23.5 Å². The Morgan fingerprint density at radius 3 is 2.29 bits per heavy atom. The van der Waals surface area contributed by atoms with Gasteiger partial charge in [-0.3, -0.25) is 9.59 Å². The molecule has 0 radical (unpaired) electrons. The number of nitrogens with zero attached hydrogens (tertiary/aromatic N) is 1. The smallest absolute Gasteiger partial charge is 0.224 e. The lowest BCUT2D eigenvalue weighted by Crippen LogP contribution is -2.46. The van der Waals surface area contributed by atoms with Crippen molar-refractivity contribution in [3.8, 4) is 0 Å². The second kappa shape index (κ2) is 8.15. The number of hydrogen-bond donors (Lipinski definition) is 0. The maximum absolute atomic E-state index is 12.4. The van der Waals surface area contributed by atoms with Gasteiger partial charge in [0.1, 0.15) is 0 Å². The second-order valence-electron chi connectivity index (χ2n) is 6.00. The van der Waals surface area contributed by atoms with E-state index in [1.807, 2.05) is 36.4 Å². The van der Waals surface area contributed by atoms with Gasteiger partial charge in [0.2, 0.25) is 5.91 Å². The first-order valence-electron chi connectivity index (χ1n) is 8.22. The Morgan fingerprint density at radius 1 is 1.04 bits per heavy atom. The summed E-state index contributed by atoms with van der Waals surface area (Å²) < 4.78 is 0. The molecule has 0 N–H and O–H groups in total. The molecule has 0 aromatic heterocycles. The van der Waals surface area contributed by atoms with Gasteiger partial charge in [-0.05, 0) is 11.1 Å². The van der Waals surface area contributed by atoms with Crippen LogP contribution in [0.2, 0.25) is 0 Å². The molecule has 3 rings (SSSR count). The lowest BCUT2D eigenvalue weighted by Gasteiger charge is -2.30. The molecule has 1 aliphatic rings. The van der Waals surface area contributed by atoms with E-state index in [1.54, 1.807) is 16.7 Å². The van der Waals surface area contributed by atoms with Crippen molar-refractivity contribution in [1.82, 2.24) is 4.90 Å². The summed E-state index contributed by atoms with van der Waals surface area (Å²) in [6.45, 7) is 0.978. The SMILES string of the molecule is O=C(CC(SCc1ccccc1)c1ccccc1)CN1CCC1=O. The third-order valence-corrected chi connectivity index (χ3v) is 5.54. The van der Waals surface area contributed by atoms with Gasteiger partial charge in [-0.2, -0.15) is 0 Å². The van der Waals surface area contributed by atoms with Gasteiger partial charge in [0.05, 0.1) is 6.54 Å². The van der Waals surface area contributed by atoms with Crippen LogP contribution < -0.4 is 0 Å². The summed E-state index contributed by atoms with van der Waals surface area (Å²) in [5.41, 5.74) is 2.43. The van der Waals surface area contributed by atoms with Gasteiger partial charge in [0, 0.05) is 30.4 Å². The summed E-state index contributed by atoms with van der Waals surface area (Å²) in [7, 11) is 0. The Morgan fingerprint density at radius 2 is 1.71 bits per heavy atom. The zero-order chi connectivity index (χ0) is 16.8. The normalized spacial score (nSPS) is 15.0. The number of carbonyl (C=O) groups is 2. The number of likely N-dealkylation sites (tertiary alicyclic amines) is 1. The standard InChI is InChI=1S/C20H21NO2S/c22-18(14-21-12-11-20(21)23)13-19(17-9-5-2-6-10-17)24-15-16-7-3-1-4-8-16/h1-10,19H,11-15H2. The van der Waals surface area contributed by atoms with Crippen molar-refractivity contribution in [2.75, 3.05) is 13.1 Å². The predicted molar refractivity (Wildman–Crippen MR) is 97.7 cm³/mol. The van der Waals surface area contributed by atoms with E-state index >= 15 is 0 Å². The summed E-state index contributed by atoms with van der Waals surface area (Å²) in [4.78, 5) is 25.4. The molecule has 2 aromatic carbocycles. The van der Waals surface area contributed by atoms with Gasteiger partial charge in [-0.15, -0.1) is 11.8 Å². The molecule has 1 heterocycles. The van der Waals surface area contributed by atoms with Crippen LogP contribution in [0.4, 0.5) is 0 Å². The van der Waals surface area contributed by atoms with E-state index in [-0.39, 0.29) is 23.5 Å². The van der Waals surface area contributed by atoms with Gasteiger partial charge in [-0.25, -0.2) is 0 Å². The number of amides is 1. The second-order valence-corrected chi connectivity index (χ2v) is 7.20. The van der Waals surface area contributed by atoms with Gasteiger partial charge in [0.15, 0.2) is 5.78 Å². The Kier molecular flexibility index (Phi) is 5.70. The highest BCUT2D eigenvalue weighted by Gasteiger charge is 2.26. The molecule has 3 nitrogen and oxygen atoms in total. The topological polar surface area (TPSA) is 37.4 Å². The quantitative estimate of drug-likeness (QED) is 0.686. The monoisotopic (exact) mass is 339 g/mol. The molecule has 1 saturated heterocycles. The highest BCUT2D eigenvalue weighted by Crippen LogP contribution is 2.34. The van der Waals surface area contributed by atoms with Gasteiger partial charge in [-0.1, -0.05) is 60.7 Å². The van der Waals surface area contributed by atoms with E-state index in [0.717, 1.165) is 12.3 Å². The molecule has 1 fully saturated rings. The lowest BCUT2D eigenvalue weighted by molar-refractivity contribution is -0.143. The van der Waals surface area contributed by atoms with Crippen LogP contribution in [0.1, 0.15) is 29.2 Å². The van der Waals surface area contributed by atoms with Crippen molar-refractivity contribution in [1.29, 1.82) is 0 Å². The predicted octanol–water partition coefficient (Wildman–Crippen LogP) is 3.85. The van der Waals surface area contributed by atoms with Crippen LogP contribution >= 0.6 is 11.8 Å². The summed E-state index contributed by atoms with van der Waals surface area (Å²) in [5.74, 6) is 1.10. The van der Waals surface area contributed by atoms with E-state index in [9.17, 15) is 9.59 Å². The van der Waals surface area contributed by atoms with Crippen molar-refractivity contribution in [2.24, 2.45) is 0 Å². The van der Waals surface area contributed by atoms with Crippen molar-refractivity contribution in [3.05, 3.63) is 71.8 Å². The number of ketones is 1. The van der Waals surface area contributed by atoms with Crippen LogP contribution in [0.5, 0.6) is 0 Å². The molecule has 2 aromatic rings. The molecule has 0 spiro atoms. The van der Waals surface area contributed by atoms with Gasteiger partial charge in [0.25, 0.3) is 0 Å². The molecule has 0 bridgehead atoms. The molecule has 1 aliphatic heterocycles. The highest BCUT2D eigenvalue weighted by molar-refractivity contribution is 7.98. The molecular weight excluding hydrogens is 318 g/mol. The van der Waals surface area contributed by atoms with Crippen molar-refractivity contribution in [2.45, 2.75) is 23.8 Å². The minimum absolute atomic E-state index is 0.0940. The first-order valence-corrected chi connectivity index (χ1v) is 9.27. The summed E-state index contributed by atoms with van der Waals surface area (Å²) in [6, 6.07) is 20.5. The third-order valence-electron chi connectivity index (χ3n) is 4.19. The fourth-order valence-corrected chi connectivity index (χ4v) is 3.96. The summed E-state index contributed by atoms with van der Waals surface area (Å²) in [6.07, 6.45) is 1.05. The molecule has 1 atom stereocenters. The van der Waals surface area contributed by atoms with E-state index < -0.39 is 0 Å². The molecule has 24 heavy (non-hydrogen) atoms. The van der Waals surface area contributed by atoms with Gasteiger partial charge < -0.3 is 4.90 Å². The van der Waals surface area contributed by atoms with Crippen LogP contribution in [-0.2, 0) is 15.3 Å². The fourth-order valence-electron chi connectivity index (χ4n) is 2.72. The number of carbonyl (C=O) groups excluding carboxylic acids is 2. The van der Waals surface area contributed by atoms with Crippen LogP contribution in [0.15, 0.2) is 60.7 Å². The maximum Gasteiger partial charge on any atom is 0.224 e. The zero-order valence-corrected chi connectivity index (χ0v) is 14.4. The fraction of sp³-hybridized carbons (Fsp3) is 0.300. The highest BCUT2D eigenvalue weighted by atomic mass is 32.2. The van der Waals surface area contributed by atoms with Crippen LogP contribution in [0.3, 0.4) is 0 Å². The average molecular weight is 339 g/mol. The number of benzene rings is 2. The van der Waals surface area contributed by atoms with E-state index in [1.165, 1.54) is 11.1 Å². The van der Waals surface area contributed by atoms with E-state index in [2.05, 4.69) is 24.3 Å². The Bertz CT molecular complexity index is 687. The number of β-lactam (4-membered cyclic amide) rings is 1. The van der Waals surface area contributed by atoms with Crippen LogP contribution in [0.25, 0.3) is 0 Å². The zero-order valence-electron chi connectivity index (χ0n) is 13.6. The molecule has 124 valence electrons. The molecular formula is C20H21NO2S. The molecule has 1 amide bonds. The number of rotatable bonds is 8. The van der Waals surface area contributed by atoms with E-state index in [4.69, 9.17) is 0 Å². The number of hydrogen-bond acceptors (Lipinski definition) is 3. The Hall–Kier alpha value is -2.07. The first kappa shape index (κ1) is 16.8. The summed E-state index contributed by atoms with van der Waals surface area (Å²) in [5, 5.41) is 0.121. The minimum atomic E-state index is 0.0940. The average Bonchev–Trinajstić information content (AvgIpc) is 2.63. The molecule has 0 aliphatic carbocycles. The third kappa shape index (κ3) is 4.48. The molecule has 1 unspecified atom stereocenters. The van der Waals surface area contributed by atoms with Crippen LogP contribution in [-0.4, -0.2) is 29.7 Å². The molecule has 0 saturated carbocycles. The molecule has 4 heteroatoms. The number of Topliss-reactive ketones (excluding diaryl/α,β-unsaturated/α-hetero) is 1. The Labute approximate surface area is 147 Å². The van der Waals surface area contributed by atoms with Crippen molar-refractivity contribution in [3.63, 3.8) is 0 Å². The number of thioether (sulfide) groups is 1. The van der Waals surface area contributed by atoms with Crippen LogP contribution in [0, 0.1) is 0 Å². The Balaban J connectivity index is 1.63. The van der Waals surface area contributed by atoms with Crippen molar-refractivity contribution < 1.29 is 9.59 Å². The lowest BCUT2D eigenvalue weighted by atomic mass is 10.1. The largest absolute Gasteiger partial charge is 0.335 e. The van der Waals surface area contributed by atoms with Gasteiger partial charge >= 0.3 is 0 Å².